The van der Waals surface area contributed by atoms with Crippen LogP contribution in [0.4, 0.5) is 0 Å². The van der Waals surface area contributed by atoms with Crippen LogP contribution >= 0.6 is 23.4 Å². The van der Waals surface area contributed by atoms with Crippen molar-refractivity contribution in [3.63, 3.8) is 0 Å². The number of hydrogen-bond donors (Lipinski definition) is 1. The van der Waals surface area contributed by atoms with E-state index in [1.54, 1.807) is 18.9 Å². The van der Waals surface area contributed by atoms with Crippen molar-refractivity contribution in [3.8, 4) is 11.4 Å². The number of thioether (sulfide) groups is 1. The van der Waals surface area contributed by atoms with Gasteiger partial charge in [0.15, 0.2) is 11.0 Å². The highest BCUT2D eigenvalue weighted by molar-refractivity contribution is 7.98. The Morgan fingerprint density at radius 2 is 1.83 bits per heavy atom. The van der Waals surface area contributed by atoms with Crippen LogP contribution in [0.3, 0.4) is 0 Å². The molecule has 36 heavy (non-hydrogen) atoms. The monoisotopic (exact) mass is 528 g/mol. The molecule has 0 spiro atoms. The van der Waals surface area contributed by atoms with E-state index in [9.17, 15) is 4.79 Å². The molecule has 0 saturated carbocycles. The summed E-state index contributed by atoms with van der Waals surface area (Å²) in [4.78, 5) is 12.5. The molecule has 0 aliphatic heterocycles. The van der Waals surface area contributed by atoms with Gasteiger partial charge >= 0.3 is 0 Å². The topological polar surface area (TPSA) is 69.0 Å². The summed E-state index contributed by atoms with van der Waals surface area (Å²) >= 11 is 7.93. The molecule has 0 bridgehead atoms. The summed E-state index contributed by atoms with van der Waals surface area (Å²) in [7, 11) is 1.67. The molecular formula is C28H37ClN4O2S. The Kier molecular flexibility index (Phi) is 11.6. The molecular weight excluding hydrogens is 492 g/mol. The summed E-state index contributed by atoms with van der Waals surface area (Å²) in [5.74, 6) is 2.26. The molecule has 194 valence electrons. The van der Waals surface area contributed by atoms with Crippen LogP contribution in [-0.2, 0) is 17.1 Å². The molecule has 1 aromatic heterocycles. The number of benzene rings is 2. The zero-order valence-corrected chi connectivity index (χ0v) is 23.1. The van der Waals surface area contributed by atoms with Crippen LogP contribution in [0.1, 0.15) is 75.2 Å². The van der Waals surface area contributed by atoms with Crippen molar-refractivity contribution < 1.29 is 9.53 Å². The van der Waals surface area contributed by atoms with Crippen molar-refractivity contribution in [1.29, 1.82) is 0 Å². The van der Waals surface area contributed by atoms with Crippen molar-refractivity contribution >= 4 is 29.3 Å². The summed E-state index contributed by atoms with van der Waals surface area (Å²) in [6.07, 6.45) is 8.85. The summed E-state index contributed by atoms with van der Waals surface area (Å²) in [5.41, 5.74) is 3.09. The highest BCUT2D eigenvalue weighted by Crippen LogP contribution is 2.29. The second kappa shape index (κ2) is 14.9. The molecule has 0 atom stereocenters. The largest absolute Gasteiger partial charge is 0.497 e. The maximum Gasteiger partial charge on any atom is 0.220 e. The molecule has 3 aromatic rings. The van der Waals surface area contributed by atoms with Gasteiger partial charge < -0.3 is 10.1 Å². The van der Waals surface area contributed by atoms with E-state index in [4.69, 9.17) is 16.3 Å². The third-order valence-electron chi connectivity index (χ3n) is 6.07. The van der Waals surface area contributed by atoms with Crippen LogP contribution in [0.15, 0.2) is 47.6 Å². The Hall–Kier alpha value is -2.51. The van der Waals surface area contributed by atoms with Crippen molar-refractivity contribution in [3.05, 3.63) is 64.4 Å². The summed E-state index contributed by atoms with van der Waals surface area (Å²) in [5, 5.41) is 13.3. The van der Waals surface area contributed by atoms with Gasteiger partial charge in [-0.2, -0.15) is 0 Å². The maximum absolute atomic E-state index is 12.5. The van der Waals surface area contributed by atoms with Crippen LogP contribution in [0.2, 0.25) is 5.02 Å². The number of carbonyl (C=O) groups is 1. The number of ether oxygens (including phenoxy) is 1. The van der Waals surface area contributed by atoms with Gasteiger partial charge in [-0.15, -0.1) is 10.2 Å². The molecule has 2 aromatic carbocycles. The normalized spacial score (nSPS) is 11.0. The fourth-order valence-electron chi connectivity index (χ4n) is 3.99. The predicted molar refractivity (Wildman–Crippen MR) is 148 cm³/mol. The lowest BCUT2D eigenvalue weighted by Crippen LogP contribution is -2.24. The van der Waals surface area contributed by atoms with Gasteiger partial charge in [0.25, 0.3) is 0 Å². The van der Waals surface area contributed by atoms with Crippen molar-refractivity contribution in [2.45, 2.75) is 82.7 Å². The van der Waals surface area contributed by atoms with E-state index in [2.05, 4.69) is 28.5 Å². The van der Waals surface area contributed by atoms with Gasteiger partial charge in [0.2, 0.25) is 5.91 Å². The molecule has 1 heterocycles. The Morgan fingerprint density at radius 1 is 1.06 bits per heavy atom. The van der Waals surface area contributed by atoms with Crippen molar-refractivity contribution in [2.75, 3.05) is 7.11 Å². The second-order valence-electron chi connectivity index (χ2n) is 8.95. The first-order chi connectivity index (χ1) is 17.5. The zero-order chi connectivity index (χ0) is 25.8. The number of aromatic nitrogens is 3. The number of carbonyl (C=O) groups excluding carboxylic acids is 1. The molecule has 0 radical (unpaired) electrons. The molecule has 6 nitrogen and oxygen atoms in total. The number of hydrogen-bond acceptors (Lipinski definition) is 5. The highest BCUT2D eigenvalue weighted by atomic mass is 35.5. The number of methoxy groups -OCH3 is 1. The van der Waals surface area contributed by atoms with Gasteiger partial charge in [-0.25, -0.2) is 0 Å². The second-order valence-corrected chi connectivity index (χ2v) is 10.3. The van der Waals surface area contributed by atoms with Gasteiger partial charge in [0.1, 0.15) is 5.75 Å². The highest BCUT2D eigenvalue weighted by Gasteiger charge is 2.17. The third-order valence-corrected chi connectivity index (χ3v) is 7.30. The molecule has 0 unspecified atom stereocenters. The van der Waals surface area contributed by atoms with Gasteiger partial charge in [-0.05, 0) is 48.7 Å². The number of unbranched alkanes of at least 4 members (excludes halogenated alkanes) is 6. The van der Waals surface area contributed by atoms with Crippen LogP contribution in [-0.4, -0.2) is 27.8 Å². The lowest BCUT2D eigenvalue weighted by molar-refractivity contribution is -0.121. The quantitative estimate of drug-likeness (QED) is 0.166. The molecule has 1 N–H and O–H groups in total. The first-order valence-corrected chi connectivity index (χ1v) is 14.1. The van der Waals surface area contributed by atoms with E-state index in [-0.39, 0.29) is 5.91 Å². The molecule has 3 rings (SSSR count). The van der Waals surface area contributed by atoms with Crippen molar-refractivity contribution in [1.82, 2.24) is 20.1 Å². The Morgan fingerprint density at radius 3 is 2.61 bits per heavy atom. The minimum Gasteiger partial charge on any atom is -0.497 e. The Labute approximate surface area is 224 Å². The van der Waals surface area contributed by atoms with Gasteiger partial charge in [0.05, 0.1) is 19.3 Å². The first kappa shape index (κ1) is 28.1. The third kappa shape index (κ3) is 8.56. The van der Waals surface area contributed by atoms with Crippen LogP contribution < -0.4 is 10.1 Å². The van der Waals surface area contributed by atoms with E-state index in [0.29, 0.717) is 29.6 Å². The smallest absolute Gasteiger partial charge is 0.220 e. The fourth-order valence-corrected chi connectivity index (χ4v) is 5.07. The molecule has 0 aliphatic rings. The number of amides is 1. The SMILES string of the molecule is CCCCCCCCCC(=O)NCc1nnc(SCc2cccc(OC)c2)n1-c1cc(Cl)ccc1C. The minimum absolute atomic E-state index is 0.0477. The van der Waals surface area contributed by atoms with Crippen molar-refractivity contribution in [2.24, 2.45) is 0 Å². The van der Waals surface area contributed by atoms with Crippen LogP contribution in [0, 0.1) is 6.92 Å². The van der Waals surface area contributed by atoms with Crippen LogP contribution in [0.25, 0.3) is 5.69 Å². The molecule has 8 heteroatoms. The number of nitrogens with one attached hydrogen (secondary N) is 1. The average Bonchev–Trinajstić information content (AvgIpc) is 3.29. The minimum atomic E-state index is 0.0477. The van der Waals surface area contributed by atoms with Gasteiger partial charge in [-0.1, -0.05) is 87.0 Å². The molecule has 1 amide bonds. The van der Waals surface area contributed by atoms with E-state index in [1.807, 2.05) is 47.9 Å². The summed E-state index contributed by atoms with van der Waals surface area (Å²) in [6.45, 7) is 4.57. The Balaban J connectivity index is 1.66. The summed E-state index contributed by atoms with van der Waals surface area (Å²) in [6, 6.07) is 13.8. The van der Waals surface area contributed by atoms with Crippen LogP contribution in [0.5, 0.6) is 5.75 Å². The standard InChI is InChI=1S/C28H37ClN4O2S/c1-4-5-6-7-8-9-10-14-27(34)30-19-26-31-32-28(33(26)25-18-23(29)16-15-21(25)2)36-20-22-12-11-13-24(17-22)35-3/h11-13,15-18H,4-10,14,19-20H2,1-3H3,(H,30,34). The molecule has 0 saturated heterocycles. The van der Waals surface area contributed by atoms with E-state index < -0.39 is 0 Å². The van der Waals surface area contributed by atoms with E-state index in [1.165, 1.54) is 32.1 Å². The first-order valence-electron chi connectivity index (χ1n) is 12.7. The van der Waals surface area contributed by atoms with E-state index >= 15 is 0 Å². The number of aryl methyl sites for hydroxylation is 1. The van der Waals surface area contributed by atoms with Gasteiger partial charge in [-0.3, -0.25) is 9.36 Å². The number of halogens is 1. The lowest BCUT2D eigenvalue weighted by Gasteiger charge is -2.14. The average molecular weight is 529 g/mol. The molecule has 0 aliphatic carbocycles. The predicted octanol–water partition coefficient (Wildman–Crippen LogP) is 7.29. The maximum atomic E-state index is 12.5. The van der Waals surface area contributed by atoms with Gasteiger partial charge in [0, 0.05) is 17.2 Å². The molecule has 0 fully saturated rings. The lowest BCUT2D eigenvalue weighted by atomic mass is 10.1. The van der Waals surface area contributed by atoms with E-state index in [0.717, 1.165) is 40.6 Å². The summed E-state index contributed by atoms with van der Waals surface area (Å²) < 4.78 is 7.35. The number of nitrogens with zero attached hydrogens (tertiary/aromatic N) is 3. The zero-order valence-electron chi connectivity index (χ0n) is 21.6. The number of rotatable bonds is 15. The Bertz CT molecular complexity index is 1120. The fraction of sp³-hybridized carbons (Fsp3) is 0.464.